The highest BCUT2D eigenvalue weighted by Gasteiger charge is 2.24. The molecule has 18 heavy (non-hydrogen) atoms. The number of hydrogen-bond donors (Lipinski definition) is 2. The molecule has 1 aromatic carbocycles. The Hall–Kier alpha value is -1.58. The number of benzene rings is 1. The molecule has 0 saturated carbocycles. The summed E-state index contributed by atoms with van der Waals surface area (Å²) < 4.78 is 0. The second-order valence-electron chi connectivity index (χ2n) is 4.51. The van der Waals surface area contributed by atoms with Crippen molar-refractivity contribution >= 4 is 17.4 Å². The maximum absolute atomic E-state index is 10.5. The van der Waals surface area contributed by atoms with Crippen LogP contribution in [0.2, 0.25) is 5.02 Å². The highest BCUT2D eigenvalue weighted by atomic mass is 35.5. The Kier molecular flexibility index (Phi) is 3.55. The molecule has 0 bridgehead atoms. The Morgan fingerprint density at radius 2 is 2.11 bits per heavy atom. The molecule has 2 aromatic rings. The van der Waals surface area contributed by atoms with Crippen LogP contribution in [0.4, 0.5) is 5.82 Å². The monoisotopic (exact) mass is 262 g/mol. The lowest BCUT2D eigenvalue weighted by molar-refractivity contribution is 0.0577. The number of halogens is 1. The molecule has 94 valence electrons. The van der Waals surface area contributed by atoms with Gasteiger partial charge in [-0.25, -0.2) is 4.98 Å². The smallest absolute Gasteiger partial charge is 0.126 e. The summed E-state index contributed by atoms with van der Waals surface area (Å²) >= 11 is 5.94. The summed E-state index contributed by atoms with van der Waals surface area (Å²) in [6.07, 6.45) is 2.03. The zero-order valence-corrected chi connectivity index (χ0v) is 10.9. The third kappa shape index (κ3) is 2.81. The lowest BCUT2D eigenvalue weighted by Crippen LogP contribution is -2.25. The molecule has 1 unspecified atom stereocenters. The van der Waals surface area contributed by atoms with E-state index in [0.717, 1.165) is 11.1 Å². The van der Waals surface area contributed by atoms with Crippen molar-refractivity contribution in [3.05, 3.63) is 58.7 Å². The highest BCUT2D eigenvalue weighted by molar-refractivity contribution is 6.30. The van der Waals surface area contributed by atoms with Gasteiger partial charge in [-0.1, -0.05) is 29.8 Å². The predicted octanol–water partition coefficient (Wildman–Crippen LogP) is 2.77. The molecule has 0 aliphatic rings. The van der Waals surface area contributed by atoms with Gasteiger partial charge in [-0.3, -0.25) is 0 Å². The van der Waals surface area contributed by atoms with Crippen LogP contribution in [0.15, 0.2) is 42.6 Å². The second kappa shape index (κ2) is 4.96. The number of nitrogens with zero attached hydrogens (tertiary/aromatic N) is 1. The SMILES string of the molecule is CC(O)(Cc1cccnc1N)c1cccc(Cl)c1. The Balaban J connectivity index is 2.30. The fourth-order valence-corrected chi connectivity index (χ4v) is 2.09. The molecule has 0 fully saturated rings. The number of aliphatic hydroxyl groups is 1. The van der Waals surface area contributed by atoms with Gasteiger partial charge in [-0.05, 0) is 36.2 Å². The van der Waals surface area contributed by atoms with Crippen molar-refractivity contribution in [3.63, 3.8) is 0 Å². The lowest BCUT2D eigenvalue weighted by Gasteiger charge is -2.24. The topological polar surface area (TPSA) is 59.1 Å². The van der Waals surface area contributed by atoms with E-state index in [4.69, 9.17) is 17.3 Å². The third-order valence-electron chi connectivity index (χ3n) is 2.91. The van der Waals surface area contributed by atoms with E-state index in [1.165, 1.54) is 0 Å². The zero-order chi connectivity index (χ0) is 13.2. The first-order valence-corrected chi connectivity index (χ1v) is 6.04. The van der Waals surface area contributed by atoms with Crippen LogP contribution in [0, 0.1) is 0 Å². The van der Waals surface area contributed by atoms with Crippen LogP contribution in [-0.4, -0.2) is 10.1 Å². The average Bonchev–Trinajstić information content (AvgIpc) is 2.32. The van der Waals surface area contributed by atoms with Gasteiger partial charge in [0.2, 0.25) is 0 Å². The van der Waals surface area contributed by atoms with Gasteiger partial charge in [0.25, 0.3) is 0 Å². The molecule has 1 atom stereocenters. The molecule has 1 aromatic heterocycles. The largest absolute Gasteiger partial charge is 0.385 e. The molecule has 0 aliphatic carbocycles. The minimum Gasteiger partial charge on any atom is -0.385 e. The number of rotatable bonds is 3. The average molecular weight is 263 g/mol. The van der Waals surface area contributed by atoms with Gasteiger partial charge in [-0.15, -0.1) is 0 Å². The summed E-state index contributed by atoms with van der Waals surface area (Å²) in [5, 5.41) is 11.1. The minimum atomic E-state index is -1.03. The van der Waals surface area contributed by atoms with Crippen LogP contribution < -0.4 is 5.73 Å². The van der Waals surface area contributed by atoms with Gasteiger partial charge in [0.05, 0.1) is 5.60 Å². The Bertz CT molecular complexity index is 555. The van der Waals surface area contributed by atoms with Crippen LogP contribution in [0.5, 0.6) is 0 Å². The van der Waals surface area contributed by atoms with E-state index in [2.05, 4.69) is 4.98 Å². The summed E-state index contributed by atoms with van der Waals surface area (Å²) in [5.74, 6) is 0.444. The van der Waals surface area contributed by atoms with Gasteiger partial charge in [0.15, 0.2) is 0 Å². The second-order valence-corrected chi connectivity index (χ2v) is 4.95. The first kappa shape index (κ1) is 12.9. The minimum absolute atomic E-state index is 0.396. The lowest BCUT2D eigenvalue weighted by atomic mass is 9.89. The van der Waals surface area contributed by atoms with Crippen LogP contribution in [0.25, 0.3) is 0 Å². The first-order chi connectivity index (χ1) is 8.49. The first-order valence-electron chi connectivity index (χ1n) is 5.67. The van der Waals surface area contributed by atoms with Crippen molar-refractivity contribution < 1.29 is 5.11 Å². The molecule has 0 spiro atoms. The van der Waals surface area contributed by atoms with Gasteiger partial charge in [0, 0.05) is 17.6 Å². The van der Waals surface area contributed by atoms with Crippen LogP contribution in [0.3, 0.4) is 0 Å². The summed E-state index contributed by atoms with van der Waals surface area (Å²) in [6, 6.07) is 10.9. The number of nitrogens with two attached hydrogens (primary N) is 1. The summed E-state index contributed by atoms with van der Waals surface area (Å²) in [7, 11) is 0. The molecule has 3 N–H and O–H groups in total. The van der Waals surface area contributed by atoms with Gasteiger partial charge in [-0.2, -0.15) is 0 Å². The molecular formula is C14H15ClN2O. The summed E-state index contributed by atoms with van der Waals surface area (Å²) in [6.45, 7) is 1.74. The normalized spacial score (nSPS) is 14.2. The van der Waals surface area contributed by atoms with Gasteiger partial charge in [0.1, 0.15) is 5.82 Å². The fraction of sp³-hybridized carbons (Fsp3) is 0.214. The standard InChI is InChI=1S/C14H15ClN2O/c1-14(18,11-5-2-6-12(15)8-11)9-10-4-3-7-17-13(10)16/h2-8,18H,9H2,1H3,(H2,16,17). The van der Waals surface area contributed by atoms with E-state index in [1.807, 2.05) is 18.2 Å². The van der Waals surface area contributed by atoms with Crippen molar-refractivity contribution in [1.29, 1.82) is 0 Å². The van der Waals surface area contributed by atoms with E-state index in [-0.39, 0.29) is 0 Å². The summed E-state index contributed by atoms with van der Waals surface area (Å²) in [4.78, 5) is 4.02. The van der Waals surface area contributed by atoms with Crippen molar-refractivity contribution in [1.82, 2.24) is 4.98 Å². The number of aromatic nitrogens is 1. The molecule has 4 heteroatoms. The highest BCUT2D eigenvalue weighted by Crippen LogP contribution is 2.28. The van der Waals surface area contributed by atoms with Crippen LogP contribution in [-0.2, 0) is 12.0 Å². The van der Waals surface area contributed by atoms with Gasteiger partial charge < -0.3 is 10.8 Å². The van der Waals surface area contributed by atoms with Gasteiger partial charge >= 0.3 is 0 Å². The molecule has 0 saturated heterocycles. The number of hydrogen-bond acceptors (Lipinski definition) is 3. The molecule has 3 nitrogen and oxygen atoms in total. The Labute approximate surface area is 111 Å². The van der Waals surface area contributed by atoms with E-state index >= 15 is 0 Å². The van der Waals surface area contributed by atoms with Crippen molar-refractivity contribution in [2.24, 2.45) is 0 Å². The van der Waals surface area contributed by atoms with Crippen molar-refractivity contribution in [2.75, 3.05) is 5.73 Å². The van der Waals surface area contributed by atoms with Crippen LogP contribution >= 0.6 is 11.6 Å². The van der Waals surface area contributed by atoms with Crippen molar-refractivity contribution in [2.45, 2.75) is 18.9 Å². The third-order valence-corrected chi connectivity index (χ3v) is 3.14. The van der Waals surface area contributed by atoms with E-state index < -0.39 is 5.60 Å². The van der Waals surface area contributed by atoms with E-state index in [1.54, 1.807) is 31.3 Å². The number of pyridine rings is 1. The maximum atomic E-state index is 10.5. The maximum Gasteiger partial charge on any atom is 0.126 e. The number of anilines is 1. The molecule has 0 radical (unpaired) electrons. The summed E-state index contributed by atoms with van der Waals surface area (Å²) in [5.41, 5.74) is 6.35. The van der Waals surface area contributed by atoms with Crippen LogP contribution in [0.1, 0.15) is 18.1 Å². The number of nitrogen functional groups attached to an aromatic ring is 1. The van der Waals surface area contributed by atoms with E-state index in [9.17, 15) is 5.11 Å². The van der Waals surface area contributed by atoms with Crippen molar-refractivity contribution in [3.8, 4) is 0 Å². The Morgan fingerprint density at radius 1 is 1.33 bits per heavy atom. The molecule has 1 heterocycles. The molecule has 0 amide bonds. The molecule has 0 aliphatic heterocycles. The fourth-order valence-electron chi connectivity index (χ4n) is 1.90. The van der Waals surface area contributed by atoms with E-state index in [0.29, 0.717) is 17.3 Å². The Morgan fingerprint density at radius 3 is 2.78 bits per heavy atom. The molecular weight excluding hydrogens is 248 g/mol. The molecule has 2 rings (SSSR count). The predicted molar refractivity (Wildman–Crippen MR) is 73.4 cm³/mol. The quantitative estimate of drug-likeness (QED) is 0.894. The zero-order valence-electron chi connectivity index (χ0n) is 10.1.